The Morgan fingerprint density at radius 3 is 2.84 bits per heavy atom. The lowest BCUT2D eigenvalue weighted by Crippen LogP contribution is -2.41. The fraction of sp³-hybridized carbons (Fsp3) is 0.231. The Morgan fingerprint density at radius 2 is 2.21 bits per heavy atom. The van der Waals surface area contributed by atoms with Crippen molar-refractivity contribution in [3.05, 3.63) is 45.4 Å². The van der Waals surface area contributed by atoms with E-state index in [-0.39, 0.29) is 10.9 Å². The van der Waals surface area contributed by atoms with Crippen molar-refractivity contribution in [3.63, 3.8) is 0 Å². The number of carbonyl (C=O) groups excluding carboxylic acids is 1. The monoisotopic (exact) mass is 295 g/mol. The van der Waals surface area contributed by atoms with E-state index in [1.165, 1.54) is 11.3 Å². The van der Waals surface area contributed by atoms with Gasteiger partial charge >= 0.3 is 0 Å². The fourth-order valence-electron chi connectivity index (χ4n) is 1.66. The maximum atomic E-state index is 12.3. The number of nitrogen functional groups attached to an aromatic ring is 1. The van der Waals surface area contributed by atoms with Crippen LogP contribution in [0.5, 0.6) is 0 Å². The topological polar surface area (TPSA) is 68.0 Å². The lowest BCUT2D eigenvalue weighted by Gasteiger charge is -2.24. The first-order chi connectivity index (χ1) is 8.92. The highest BCUT2D eigenvalue weighted by molar-refractivity contribution is 7.09. The molecular formula is C13H14ClN3OS. The average molecular weight is 296 g/mol. The summed E-state index contributed by atoms with van der Waals surface area (Å²) in [5, 5.41) is 5.89. The van der Waals surface area contributed by atoms with Crippen LogP contribution in [0.25, 0.3) is 0 Å². The quantitative estimate of drug-likeness (QED) is 0.855. The van der Waals surface area contributed by atoms with E-state index < -0.39 is 5.54 Å². The molecule has 0 saturated carbocycles. The summed E-state index contributed by atoms with van der Waals surface area (Å²) in [7, 11) is 0. The summed E-state index contributed by atoms with van der Waals surface area (Å²) in [6.45, 7) is 3.79. The van der Waals surface area contributed by atoms with Gasteiger partial charge in [0.2, 0.25) is 0 Å². The number of halogens is 1. The molecule has 0 unspecified atom stereocenters. The van der Waals surface area contributed by atoms with Gasteiger partial charge in [0.05, 0.1) is 21.8 Å². The Balaban J connectivity index is 2.24. The molecule has 0 aliphatic rings. The van der Waals surface area contributed by atoms with E-state index in [1.807, 2.05) is 19.2 Å². The minimum Gasteiger partial charge on any atom is -0.398 e. The molecule has 1 heterocycles. The smallest absolute Gasteiger partial charge is 0.253 e. The molecule has 0 aliphatic heterocycles. The van der Waals surface area contributed by atoms with E-state index in [9.17, 15) is 4.79 Å². The van der Waals surface area contributed by atoms with Crippen molar-refractivity contribution in [1.29, 1.82) is 0 Å². The van der Waals surface area contributed by atoms with Gasteiger partial charge in [0, 0.05) is 11.6 Å². The molecule has 1 aromatic heterocycles. The summed E-state index contributed by atoms with van der Waals surface area (Å²) in [5.41, 5.74) is 5.90. The normalized spacial score (nSPS) is 11.3. The van der Waals surface area contributed by atoms with Crippen molar-refractivity contribution in [3.8, 4) is 0 Å². The SMILES string of the molecule is CC(C)(NC(=O)c1cccc(N)c1Cl)c1nccs1. The molecule has 2 rings (SSSR count). The number of nitrogens with one attached hydrogen (secondary N) is 1. The average Bonchev–Trinajstić information content (AvgIpc) is 2.86. The summed E-state index contributed by atoms with van der Waals surface area (Å²) in [4.78, 5) is 16.5. The van der Waals surface area contributed by atoms with Crippen molar-refractivity contribution >= 4 is 34.5 Å². The number of hydrogen-bond donors (Lipinski definition) is 2. The Kier molecular flexibility index (Phi) is 3.78. The number of nitrogens with zero attached hydrogens (tertiary/aromatic N) is 1. The van der Waals surface area contributed by atoms with Crippen molar-refractivity contribution in [1.82, 2.24) is 10.3 Å². The van der Waals surface area contributed by atoms with Crippen LogP contribution in [0.3, 0.4) is 0 Å². The molecule has 0 aliphatic carbocycles. The maximum Gasteiger partial charge on any atom is 0.253 e. The lowest BCUT2D eigenvalue weighted by molar-refractivity contribution is 0.0912. The molecule has 0 atom stereocenters. The van der Waals surface area contributed by atoms with Crippen molar-refractivity contribution in [2.75, 3.05) is 5.73 Å². The number of anilines is 1. The maximum absolute atomic E-state index is 12.3. The number of nitrogens with two attached hydrogens (primary N) is 1. The molecule has 0 bridgehead atoms. The first-order valence-corrected chi connectivity index (χ1v) is 6.94. The molecular weight excluding hydrogens is 282 g/mol. The fourth-order valence-corrected chi connectivity index (χ4v) is 2.59. The van der Waals surface area contributed by atoms with Gasteiger partial charge in [-0.1, -0.05) is 17.7 Å². The van der Waals surface area contributed by atoms with Crippen molar-refractivity contribution < 1.29 is 4.79 Å². The van der Waals surface area contributed by atoms with Crippen LogP contribution < -0.4 is 11.1 Å². The number of carbonyl (C=O) groups is 1. The second kappa shape index (κ2) is 5.19. The molecule has 0 saturated heterocycles. The number of amides is 1. The van der Waals surface area contributed by atoms with Crippen LogP contribution in [0.15, 0.2) is 29.8 Å². The molecule has 0 spiro atoms. The third-order valence-corrected chi connectivity index (χ3v) is 4.18. The minimum absolute atomic E-state index is 0.266. The van der Waals surface area contributed by atoms with Gasteiger partial charge in [0.1, 0.15) is 5.01 Å². The second-order valence-electron chi connectivity index (χ2n) is 4.63. The molecule has 4 nitrogen and oxygen atoms in total. The molecule has 100 valence electrons. The van der Waals surface area contributed by atoms with Gasteiger partial charge in [-0.3, -0.25) is 4.79 Å². The summed E-state index contributed by atoms with van der Waals surface area (Å²) >= 11 is 7.53. The van der Waals surface area contributed by atoms with Crippen LogP contribution >= 0.6 is 22.9 Å². The predicted octanol–water partition coefficient (Wildman–Crippen LogP) is 3.04. The molecule has 6 heteroatoms. The summed E-state index contributed by atoms with van der Waals surface area (Å²) in [5.74, 6) is -0.266. The molecule has 0 fully saturated rings. The summed E-state index contributed by atoms with van der Waals surface area (Å²) in [6, 6.07) is 5.00. The Bertz CT molecular complexity index is 596. The number of aromatic nitrogens is 1. The third-order valence-electron chi connectivity index (χ3n) is 2.67. The predicted molar refractivity (Wildman–Crippen MR) is 78.5 cm³/mol. The molecule has 2 aromatic rings. The highest BCUT2D eigenvalue weighted by Crippen LogP contribution is 2.26. The van der Waals surface area contributed by atoms with Crippen LogP contribution in [-0.4, -0.2) is 10.9 Å². The zero-order valence-corrected chi connectivity index (χ0v) is 12.2. The number of hydrogen-bond acceptors (Lipinski definition) is 4. The van der Waals surface area contributed by atoms with E-state index in [1.54, 1.807) is 24.4 Å². The van der Waals surface area contributed by atoms with Gasteiger partial charge in [-0.2, -0.15) is 0 Å². The molecule has 3 N–H and O–H groups in total. The van der Waals surface area contributed by atoms with Gasteiger partial charge < -0.3 is 11.1 Å². The first kappa shape index (κ1) is 13.8. The van der Waals surface area contributed by atoms with Crippen molar-refractivity contribution in [2.45, 2.75) is 19.4 Å². The van der Waals surface area contributed by atoms with Crippen LogP contribution in [0.1, 0.15) is 29.2 Å². The van der Waals surface area contributed by atoms with E-state index >= 15 is 0 Å². The van der Waals surface area contributed by atoms with E-state index in [0.29, 0.717) is 11.3 Å². The van der Waals surface area contributed by atoms with Crippen LogP contribution in [0.4, 0.5) is 5.69 Å². The van der Waals surface area contributed by atoms with Gasteiger partial charge in [-0.25, -0.2) is 4.98 Å². The minimum atomic E-state index is -0.556. The highest BCUT2D eigenvalue weighted by atomic mass is 35.5. The third kappa shape index (κ3) is 2.88. The van der Waals surface area contributed by atoms with Gasteiger partial charge in [-0.15, -0.1) is 11.3 Å². The highest BCUT2D eigenvalue weighted by Gasteiger charge is 2.26. The number of rotatable bonds is 3. The van der Waals surface area contributed by atoms with Crippen molar-refractivity contribution in [2.24, 2.45) is 0 Å². The standard InChI is InChI=1S/C13H14ClN3OS/c1-13(2,12-16-6-7-19-12)17-11(18)8-4-3-5-9(15)10(8)14/h3-7H,15H2,1-2H3,(H,17,18). The Labute approximate surface area is 120 Å². The number of benzene rings is 1. The summed E-state index contributed by atoms with van der Waals surface area (Å²) in [6.07, 6.45) is 1.71. The summed E-state index contributed by atoms with van der Waals surface area (Å²) < 4.78 is 0. The zero-order valence-electron chi connectivity index (χ0n) is 10.6. The molecule has 0 radical (unpaired) electrons. The lowest BCUT2D eigenvalue weighted by atomic mass is 10.1. The van der Waals surface area contributed by atoms with Crippen LogP contribution in [0, 0.1) is 0 Å². The molecule has 19 heavy (non-hydrogen) atoms. The van der Waals surface area contributed by atoms with Gasteiger partial charge in [-0.05, 0) is 26.0 Å². The Morgan fingerprint density at radius 1 is 1.47 bits per heavy atom. The van der Waals surface area contributed by atoms with E-state index in [0.717, 1.165) is 5.01 Å². The van der Waals surface area contributed by atoms with E-state index in [2.05, 4.69) is 10.3 Å². The van der Waals surface area contributed by atoms with Gasteiger partial charge in [0.15, 0.2) is 0 Å². The van der Waals surface area contributed by atoms with E-state index in [4.69, 9.17) is 17.3 Å². The first-order valence-electron chi connectivity index (χ1n) is 5.68. The molecule has 1 amide bonds. The van der Waals surface area contributed by atoms with Gasteiger partial charge in [0.25, 0.3) is 5.91 Å². The Hall–Kier alpha value is -1.59. The van der Waals surface area contributed by atoms with Crippen LogP contribution in [0.2, 0.25) is 5.02 Å². The molecule has 1 aromatic carbocycles. The van der Waals surface area contributed by atoms with Crippen LogP contribution in [-0.2, 0) is 5.54 Å². The number of thiazole rings is 1. The zero-order chi connectivity index (χ0) is 14.0. The largest absolute Gasteiger partial charge is 0.398 e. The second-order valence-corrected chi connectivity index (χ2v) is 5.90.